The van der Waals surface area contributed by atoms with Crippen LogP contribution >= 0.6 is 0 Å². The molecule has 2 aromatic rings. The van der Waals surface area contributed by atoms with Crippen LogP contribution in [0.15, 0.2) is 47.6 Å². The van der Waals surface area contributed by atoms with Crippen LogP contribution in [0, 0.1) is 0 Å². The van der Waals surface area contributed by atoms with Crippen LogP contribution in [0.1, 0.15) is 35.3 Å². The van der Waals surface area contributed by atoms with Gasteiger partial charge in [0.15, 0.2) is 0 Å². The number of nitrogens with zero attached hydrogens (tertiary/aromatic N) is 3. The largest absolute Gasteiger partial charge is 0.378 e. The Morgan fingerprint density at radius 1 is 1.33 bits per heavy atom. The summed E-state index contributed by atoms with van der Waals surface area (Å²) >= 11 is 0. The molecule has 0 spiro atoms. The molecule has 0 unspecified atom stereocenters. The molecule has 1 amide bonds. The molecule has 0 aliphatic carbocycles. The summed E-state index contributed by atoms with van der Waals surface area (Å²) in [6.45, 7) is 4.38. The summed E-state index contributed by atoms with van der Waals surface area (Å²) in [4.78, 5) is 23.8. The molecule has 140 valence electrons. The average molecular weight is 364 g/mol. The first-order chi connectivity index (χ1) is 13.1. The van der Waals surface area contributed by atoms with Gasteiger partial charge in [0.1, 0.15) is 5.84 Å². The van der Waals surface area contributed by atoms with Crippen molar-refractivity contribution in [3.63, 3.8) is 0 Å². The summed E-state index contributed by atoms with van der Waals surface area (Å²) in [6.07, 6.45) is 2.42. The number of rotatable bonds is 5. The molecule has 1 saturated heterocycles. The number of pyridine rings is 1. The van der Waals surface area contributed by atoms with E-state index in [9.17, 15) is 4.79 Å². The highest BCUT2D eigenvalue weighted by molar-refractivity contribution is 6.02. The number of carbonyl (C=O) groups is 1. The molecule has 3 heterocycles. The number of aliphatic imine (C=N–C) groups is 1. The maximum atomic E-state index is 12.4. The van der Waals surface area contributed by atoms with Crippen LogP contribution in [0.4, 0.5) is 0 Å². The Kier molecular flexibility index (Phi) is 4.90. The number of fused-ring (bicyclic) bond motifs is 1. The fraction of sp³-hybridized carbons (Fsp3) is 0.381. The van der Waals surface area contributed by atoms with Crippen LogP contribution in [-0.4, -0.2) is 47.9 Å². The summed E-state index contributed by atoms with van der Waals surface area (Å²) < 4.78 is 5.33. The van der Waals surface area contributed by atoms with Crippen molar-refractivity contribution in [2.75, 3.05) is 20.2 Å². The average Bonchev–Trinajstić information content (AvgIpc) is 3.04. The van der Waals surface area contributed by atoms with Crippen LogP contribution in [-0.2, 0) is 22.5 Å². The zero-order chi connectivity index (χ0) is 18.8. The minimum atomic E-state index is -0.0248. The van der Waals surface area contributed by atoms with Crippen molar-refractivity contribution in [3.8, 4) is 0 Å². The van der Waals surface area contributed by atoms with Gasteiger partial charge in [-0.2, -0.15) is 0 Å². The van der Waals surface area contributed by atoms with Gasteiger partial charge in [0, 0.05) is 32.0 Å². The van der Waals surface area contributed by atoms with E-state index >= 15 is 0 Å². The molecule has 1 aromatic heterocycles. The second kappa shape index (κ2) is 7.48. The van der Waals surface area contributed by atoms with Gasteiger partial charge in [0.25, 0.3) is 0 Å². The molecule has 0 bridgehead atoms. The molecule has 4 rings (SSSR count). The molecule has 27 heavy (non-hydrogen) atoms. The predicted octanol–water partition coefficient (Wildman–Crippen LogP) is 2.09. The normalized spacial score (nSPS) is 17.1. The molecule has 6 heteroatoms. The van der Waals surface area contributed by atoms with E-state index in [-0.39, 0.29) is 18.4 Å². The fourth-order valence-corrected chi connectivity index (χ4v) is 3.53. The second-order valence-electron chi connectivity index (χ2n) is 7.11. The van der Waals surface area contributed by atoms with E-state index in [0.29, 0.717) is 12.6 Å². The van der Waals surface area contributed by atoms with Gasteiger partial charge in [0.2, 0.25) is 5.91 Å². The van der Waals surface area contributed by atoms with Gasteiger partial charge < -0.3 is 15.0 Å². The van der Waals surface area contributed by atoms with Crippen molar-refractivity contribution >= 4 is 11.7 Å². The van der Waals surface area contributed by atoms with Gasteiger partial charge in [-0.1, -0.05) is 30.3 Å². The summed E-state index contributed by atoms with van der Waals surface area (Å²) in [7, 11) is 1.74. The summed E-state index contributed by atoms with van der Waals surface area (Å²) in [5.41, 5.74) is 4.09. The maximum Gasteiger partial charge on any atom is 0.226 e. The van der Waals surface area contributed by atoms with E-state index in [0.717, 1.165) is 41.3 Å². The maximum absolute atomic E-state index is 12.4. The third-order valence-electron chi connectivity index (χ3n) is 5.19. The number of amidine groups is 1. The molecular formula is C21H24N4O2. The number of hydrogen-bond donors (Lipinski definition) is 1. The highest BCUT2D eigenvalue weighted by Gasteiger charge is 2.32. The molecule has 0 radical (unpaired) electrons. The summed E-state index contributed by atoms with van der Waals surface area (Å²) in [6, 6.07) is 11.9. The van der Waals surface area contributed by atoms with E-state index in [1.807, 2.05) is 49.5 Å². The van der Waals surface area contributed by atoms with Crippen molar-refractivity contribution in [1.29, 1.82) is 0 Å². The Labute approximate surface area is 159 Å². The van der Waals surface area contributed by atoms with Gasteiger partial charge in [0.05, 0.1) is 30.8 Å². The number of nitrogens with one attached hydrogen (secondary N) is 1. The van der Waals surface area contributed by atoms with Gasteiger partial charge >= 0.3 is 0 Å². The van der Waals surface area contributed by atoms with Gasteiger partial charge in [-0.05, 0) is 24.1 Å². The van der Waals surface area contributed by atoms with Crippen LogP contribution in [0.2, 0.25) is 0 Å². The van der Waals surface area contributed by atoms with E-state index in [1.54, 1.807) is 7.11 Å². The number of ether oxygens (including phenoxy) is 1. The molecule has 2 aliphatic rings. The zero-order valence-corrected chi connectivity index (χ0v) is 15.7. The standard InChI is InChI=1S/C21H24N4O2/c1-14(15-6-4-3-5-7-15)24-20(26)9-17-8-16-10-23-21(19(16)11-22-17)25-12-18(13-25)27-2/h3-8,11,14,18H,9-10,12-13H2,1-2H3,(H,24,26)/t14-/m1/s1. The number of hydrogen-bond acceptors (Lipinski definition) is 5. The van der Waals surface area contributed by atoms with Crippen molar-refractivity contribution < 1.29 is 9.53 Å². The highest BCUT2D eigenvalue weighted by Crippen LogP contribution is 2.25. The van der Waals surface area contributed by atoms with Gasteiger partial charge in [-0.25, -0.2) is 0 Å². The van der Waals surface area contributed by atoms with Crippen LogP contribution < -0.4 is 5.32 Å². The molecule has 1 atom stereocenters. The third kappa shape index (κ3) is 3.71. The lowest BCUT2D eigenvalue weighted by Crippen LogP contribution is -2.54. The highest BCUT2D eigenvalue weighted by atomic mass is 16.5. The van der Waals surface area contributed by atoms with Crippen LogP contribution in [0.3, 0.4) is 0 Å². The monoisotopic (exact) mass is 364 g/mol. The molecule has 2 aliphatic heterocycles. The topological polar surface area (TPSA) is 66.8 Å². The van der Waals surface area contributed by atoms with Crippen molar-refractivity contribution in [1.82, 2.24) is 15.2 Å². The predicted molar refractivity (Wildman–Crippen MR) is 104 cm³/mol. The Morgan fingerprint density at radius 2 is 2.11 bits per heavy atom. The fourth-order valence-electron chi connectivity index (χ4n) is 3.53. The molecule has 0 saturated carbocycles. The number of methoxy groups -OCH3 is 1. The number of likely N-dealkylation sites (tertiary alicyclic amines) is 1. The van der Waals surface area contributed by atoms with E-state index in [2.05, 4.69) is 20.2 Å². The lowest BCUT2D eigenvalue weighted by Gasteiger charge is -2.39. The minimum absolute atomic E-state index is 0.0244. The zero-order valence-electron chi connectivity index (χ0n) is 15.7. The summed E-state index contributed by atoms with van der Waals surface area (Å²) in [5, 5.41) is 3.04. The lowest BCUT2D eigenvalue weighted by molar-refractivity contribution is -0.121. The Bertz CT molecular complexity index is 860. The van der Waals surface area contributed by atoms with Gasteiger partial charge in [-0.15, -0.1) is 0 Å². The Hall–Kier alpha value is -2.73. The Balaban J connectivity index is 1.37. The first-order valence-electron chi connectivity index (χ1n) is 9.28. The lowest BCUT2D eigenvalue weighted by atomic mass is 10.1. The quantitative estimate of drug-likeness (QED) is 0.882. The molecule has 6 nitrogen and oxygen atoms in total. The molecular weight excluding hydrogens is 340 g/mol. The van der Waals surface area contributed by atoms with E-state index in [4.69, 9.17) is 4.74 Å². The first-order valence-corrected chi connectivity index (χ1v) is 9.28. The third-order valence-corrected chi connectivity index (χ3v) is 5.19. The smallest absolute Gasteiger partial charge is 0.226 e. The number of aromatic nitrogens is 1. The molecule has 1 N–H and O–H groups in total. The molecule has 1 aromatic carbocycles. The van der Waals surface area contributed by atoms with Crippen molar-refractivity contribution in [2.45, 2.75) is 32.0 Å². The van der Waals surface area contributed by atoms with Crippen molar-refractivity contribution in [2.24, 2.45) is 4.99 Å². The van der Waals surface area contributed by atoms with E-state index < -0.39 is 0 Å². The van der Waals surface area contributed by atoms with Crippen molar-refractivity contribution in [3.05, 3.63) is 65.0 Å². The number of benzene rings is 1. The number of amides is 1. The summed E-state index contributed by atoms with van der Waals surface area (Å²) in [5.74, 6) is 0.975. The minimum Gasteiger partial charge on any atom is -0.378 e. The Morgan fingerprint density at radius 3 is 2.85 bits per heavy atom. The van der Waals surface area contributed by atoms with Crippen LogP contribution in [0.25, 0.3) is 0 Å². The molecule has 1 fully saturated rings. The number of carbonyl (C=O) groups excluding carboxylic acids is 1. The van der Waals surface area contributed by atoms with E-state index in [1.165, 1.54) is 0 Å². The first kappa shape index (κ1) is 17.7. The SMILES string of the molecule is COC1CN(C2=NCc3cc(CC(=O)N[C@H](C)c4ccccc4)ncc32)C1. The van der Waals surface area contributed by atoms with Gasteiger partial charge in [-0.3, -0.25) is 14.8 Å². The second-order valence-corrected chi connectivity index (χ2v) is 7.11. The van der Waals surface area contributed by atoms with Crippen LogP contribution in [0.5, 0.6) is 0 Å².